The molecule has 1 aliphatic heterocycles. The van der Waals surface area contributed by atoms with Crippen molar-refractivity contribution >= 4 is 23.5 Å². The molecule has 1 heterocycles. The maximum Gasteiger partial charge on any atom is 0.323 e. The zero-order valence-electron chi connectivity index (χ0n) is 8.85. The van der Waals surface area contributed by atoms with Gasteiger partial charge in [0.15, 0.2) is 0 Å². The number of carboxylic acids is 1. The molecule has 1 aliphatic rings. The number of nitrogens with zero attached hydrogens (tertiary/aromatic N) is 1. The maximum absolute atomic E-state index is 12.0. The predicted octanol–water partition coefficient (Wildman–Crippen LogP) is 1.26. The smallest absolute Gasteiger partial charge is 0.323 e. The summed E-state index contributed by atoms with van der Waals surface area (Å²) in [6, 6.07) is 4.72. The normalized spacial score (nSPS) is 14.9. The summed E-state index contributed by atoms with van der Waals surface area (Å²) in [5, 5.41) is 9.13. The number of rotatable bonds is 2. The Bertz CT molecular complexity index is 475. The van der Waals surface area contributed by atoms with Crippen LogP contribution in [0, 0.1) is 0 Å². The van der Waals surface area contributed by atoms with E-state index in [0.717, 1.165) is 0 Å². The molecule has 17 heavy (non-hydrogen) atoms. The van der Waals surface area contributed by atoms with E-state index in [0.29, 0.717) is 16.3 Å². The van der Waals surface area contributed by atoms with Gasteiger partial charge in [0.05, 0.1) is 12.1 Å². The third kappa shape index (κ3) is 2.50. The summed E-state index contributed by atoms with van der Waals surface area (Å²) < 4.78 is 5.37. The van der Waals surface area contributed by atoms with E-state index in [1.54, 1.807) is 12.1 Å². The van der Waals surface area contributed by atoms with Crippen molar-refractivity contribution in [2.45, 2.75) is 0 Å². The van der Waals surface area contributed by atoms with E-state index in [4.69, 9.17) is 21.4 Å². The number of hydrogen-bond acceptors (Lipinski definition) is 3. The summed E-state index contributed by atoms with van der Waals surface area (Å²) in [6.45, 7) is 0.180. The molecule has 1 aromatic carbocycles. The van der Waals surface area contributed by atoms with Crippen molar-refractivity contribution in [3.8, 4) is 5.75 Å². The van der Waals surface area contributed by atoms with Crippen LogP contribution in [0.4, 0.5) is 0 Å². The predicted molar refractivity (Wildman–Crippen MR) is 60.5 cm³/mol. The largest absolute Gasteiger partial charge is 0.491 e. The van der Waals surface area contributed by atoms with Gasteiger partial charge in [-0.15, -0.1) is 0 Å². The summed E-state index contributed by atoms with van der Waals surface area (Å²) in [5.74, 6) is -0.987. The quantitative estimate of drug-likeness (QED) is 0.864. The summed E-state index contributed by atoms with van der Waals surface area (Å²) in [6.07, 6.45) is 0. The van der Waals surface area contributed by atoms with Crippen LogP contribution in [0.25, 0.3) is 0 Å². The zero-order valence-corrected chi connectivity index (χ0v) is 9.61. The van der Waals surface area contributed by atoms with Gasteiger partial charge in [0.25, 0.3) is 5.91 Å². The molecule has 0 atom stereocenters. The Labute approximate surface area is 103 Å². The number of benzene rings is 1. The first-order chi connectivity index (χ1) is 8.08. The second kappa shape index (κ2) is 4.63. The maximum atomic E-state index is 12.0. The molecule has 6 heteroatoms. The molecular weight excluding hydrogens is 246 g/mol. The van der Waals surface area contributed by atoms with Crippen molar-refractivity contribution in [2.24, 2.45) is 0 Å². The molecule has 2 rings (SSSR count). The summed E-state index contributed by atoms with van der Waals surface area (Å²) in [4.78, 5) is 23.9. The minimum atomic E-state index is -1.05. The van der Waals surface area contributed by atoms with Crippen LogP contribution in [-0.4, -0.2) is 41.6 Å². The van der Waals surface area contributed by atoms with E-state index in [9.17, 15) is 9.59 Å². The van der Waals surface area contributed by atoms with Crippen molar-refractivity contribution in [1.82, 2.24) is 4.90 Å². The van der Waals surface area contributed by atoms with Crippen LogP contribution < -0.4 is 4.74 Å². The number of carbonyl (C=O) groups is 2. The van der Waals surface area contributed by atoms with Crippen molar-refractivity contribution in [2.75, 3.05) is 19.7 Å². The lowest BCUT2D eigenvalue weighted by molar-refractivity contribution is -0.137. The van der Waals surface area contributed by atoms with Crippen LogP contribution >= 0.6 is 11.6 Å². The molecule has 1 amide bonds. The molecule has 0 saturated heterocycles. The van der Waals surface area contributed by atoms with Crippen LogP contribution in [0.1, 0.15) is 10.4 Å². The zero-order chi connectivity index (χ0) is 12.4. The molecule has 1 aromatic rings. The Balaban J connectivity index is 2.34. The third-order valence-corrected chi connectivity index (χ3v) is 2.64. The fourth-order valence-electron chi connectivity index (χ4n) is 1.65. The summed E-state index contributed by atoms with van der Waals surface area (Å²) >= 11 is 5.81. The molecule has 0 aromatic heterocycles. The molecule has 0 spiro atoms. The number of ether oxygens (including phenoxy) is 1. The van der Waals surface area contributed by atoms with E-state index < -0.39 is 5.97 Å². The van der Waals surface area contributed by atoms with E-state index >= 15 is 0 Å². The molecule has 0 unspecified atom stereocenters. The van der Waals surface area contributed by atoms with Crippen LogP contribution in [0.15, 0.2) is 18.2 Å². The first-order valence-electron chi connectivity index (χ1n) is 5.01. The SMILES string of the molecule is O=C(O)CN1CCOc2ccc(Cl)cc2C1=O. The lowest BCUT2D eigenvalue weighted by Crippen LogP contribution is -2.36. The highest BCUT2D eigenvalue weighted by molar-refractivity contribution is 6.31. The Morgan fingerprint density at radius 1 is 1.53 bits per heavy atom. The Kier molecular flexibility index (Phi) is 3.19. The Morgan fingerprint density at radius 3 is 3.00 bits per heavy atom. The average Bonchev–Trinajstić information content (AvgIpc) is 2.40. The average molecular weight is 256 g/mol. The van der Waals surface area contributed by atoms with Crippen molar-refractivity contribution < 1.29 is 19.4 Å². The van der Waals surface area contributed by atoms with Crippen molar-refractivity contribution in [1.29, 1.82) is 0 Å². The second-order valence-corrected chi connectivity index (χ2v) is 4.05. The van der Waals surface area contributed by atoms with Crippen LogP contribution in [-0.2, 0) is 4.79 Å². The molecule has 5 nitrogen and oxygen atoms in total. The highest BCUT2D eigenvalue weighted by Crippen LogP contribution is 2.26. The van der Waals surface area contributed by atoms with Crippen LogP contribution in [0.5, 0.6) is 5.75 Å². The third-order valence-electron chi connectivity index (χ3n) is 2.40. The monoisotopic (exact) mass is 255 g/mol. The van der Waals surface area contributed by atoms with Gasteiger partial charge in [0.2, 0.25) is 0 Å². The molecule has 0 radical (unpaired) electrons. The van der Waals surface area contributed by atoms with E-state index in [2.05, 4.69) is 0 Å². The van der Waals surface area contributed by atoms with Gasteiger partial charge in [-0.25, -0.2) is 0 Å². The van der Waals surface area contributed by atoms with Gasteiger partial charge < -0.3 is 14.7 Å². The highest BCUT2D eigenvalue weighted by atomic mass is 35.5. The van der Waals surface area contributed by atoms with Gasteiger partial charge in [-0.05, 0) is 18.2 Å². The first-order valence-corrected chi connectivity index (χ1v) is 5.39. The number of halogens is 1. The number of fused-ring (bicyclic) bond motifs is 1. The van der Waals surface area contributed by atoms with Gasteiger partial charge in [-0.2, -0.15) is 0 Å². The number of carbonyl (C=O) groups excluding carboxylic acids is 1. The second-order valence-electron chi connectivity index (χ2n) is 3.61. The Hall–Kier alpha value is -1.75. The van der Waals surface area contributed by atoms with Gasteiger partial charge in [-0.3, -0.25) is 9.59 Å². The van der Waals surface area contributed by atoms with Gasteiger partial charge in [0.1, 0.15) is 18.9 Å². The topological polar surface area (TPSA) is 66.8 Å². The van der Waals surface area contributed by atoms with E-state index in [-0.39, 0.29) is 25.6 Å². The van der Waals surface area contributed by atoms with Crippen LogP contribution in [0.3, 0.4) is 0 Å². The number of hydrogen-bond donors (Lipinski definition) is 1. The summed E-state index contributed by atoms with van der Waals surface area (Å²) in [5.41, 5.74) is 0.302. The molecule has 0 fully saturated rings. The van der Waals surface area contributed by atoms with Gasteiger partial charge in [0, 0.05) is 5.02 Å². The number of amides is 1. The molecule has 0 aliphatic carbocycles. The van der Waals surface area contributed by atoms with Gasteiger partial charge >= 0.3 is 5.97 Å². The number of aliphatic carboxylic acids is 1. The number of carboxylic acid groups (broad SMARTS) is 1. The standard InChI is InChI=1S/C11H10ClNO4/c12-7-1-2-9-8(5-7)11(16)13(3-4-17-9)6-10(14)15/h1-2,5H,3-4,6H2,(H,14,15). The first kappa shape index (κ1) is 11.7. The Morgan fingerprint density at radius 2 is 2.29 bits per heavy atom. The minimum Gasteiger partial charge on any atom is -0.491 e. The lowest BCUT2D eigenvalue weighted by atomic mass is 10.2. The highest BCUT2D eigenvalue weighted by Gasteiger charge is 2.25. The molecule has 1 N–H and O–H groups in total. The molecule has 0 saturated carbocycles. The molecule has 90 valence electrons. The van der Waals surface area contributed by atoms with E-state index in [1.807, 2.05) is 0 Å². The van der Waals surface area contributed by atoms with Crippen LogP contribution in [0.2, 0.25) is 5.02 Å². The molecular formula is C11H10ClNO4. The van der Waals surface area contributed by atoms with Crippen molar-refractivity contribution in [3.05, 3.63) is 28.8 Å². The lowest BCUT2D eigenvalue weighted by Gasteiger charge is -2.16. The fraction of sp³-hybridized carbons (Fsp3) is 0.273. The van der Waals surface area contributed by atoms with E-state index in [1.165, 1.54) is 11.0 Å². The minimum absolute atomic E-state index is 0.247. The molecule has 0 bridgehead atoms. The van der Waals surface area contributed by atoms with Crippen molar-refractivity contribution in [3.63, 3.8) is 0 Å². The van der Waals surface area contributed by atoms with Gasteiger partial charge in [-0.1, -0.05) is 11.6 Å². The summed E-state index contributed by atoms with van der Waals surface area (Å²) in [7, 11) is 0. The fourth-order valence-corrected chi connectivity index (χ4v) is 1.82.